The molecule has 0 radical (unpaired) electrons. The molecular weight excluding hydrogens is 482 g/mol. The third-order valence-corrected chi connectivity index (χ3v) is 6.59. The van der Waals surface area contributed by atoms with Gasteiger partial charge in [-0.2, -0.15) is 0 Å². The van der Waals surface area contributed by atoms with Crippen LogP contribution in [0, 0.1) is 0 Å². The summed E-state index contributed by atoms with van der Waals surface area (Å²) in [6.45, 7) is 1.37. The molecule has 0 bridgehead atoms. The quantitative estimate of drug-likeness (QED) is 0.472. The Bertz CT molecular complexity index is 863. The van der Waals surface area contributed by atoms with Crippen molar-refractivity contribution in [2.45, 2.75) is 18.3 Å². The fourth-order valence-electron chi connectivity index (χ4n) is 2.80. The van der Waals surface area contributed by atoms with Gasteiger partial charge in [-0.1, -0.05) is 63.6 Å². The third kappa shape index (κ3) is 5.48. The van der Waals surface area contributed by atoms with Crippen molar-refractivity contribution in [2.24, 2.45) is 0 Å². The van der Waals surface area contributed by atoms with E-state index in [0.29, 0.717) is 35.5 Å². The van der Waals surface area contributed by atoms with E-state index in [2.05, 4.69) is 15.9 Å². The van der Waals surface area contributed by atoms with Crippen LogP contribution in [0.1, 0.15) is 11.1 Å². The van der Waals surface area contributed by atoms with Gasteiger partial charge < -0.3 is 9.47 Å². The lowest BCUT2D eigenvalue weighted by Crippen LogP contribution is -2.34. The number of rotatable bonds is 8. The lowest BCUT2D eigenvalue weighted by Gasteiger charge is -2.16. The molecule has 1 fully saturated rings. The molecule has 0 saturated carbocycles. The average Bonchev–Trinajstić information content (AvgIpc) is 2.94. The largest absolute Gasteiger partial charge is 0.489 e. The number of hydrogen-bond acceptors (Lipinski definition) is 5. The number of ether oxygens (including phenoxy) is 2. The predicted molar refractivity (Wildman–Crippen MR) is 121 cm³/mol. The fraction of sp³-hybridized carbons (Fsp3) is 0.300. The molecule has 0 unspecified atom stereocenters. The zero-order chi connectivity index (χ0) is 20.1. The van der Waals surface area contributed by atoms with Crippen LogP contribution in [-0.2, 0) is 22.6 Å². The van der Waals surface area contributed by atoms with Gasteiger partial charge in [0.15, 0.2) is 0 Å². The van der Waals surface area contributed by atoms with E-state index in [9.17, 15) is 4.79 Å². The molecule has 1 aliphatic heterocycles. The summed E-state index contributed by atoms with van der Waals surface area (Å²) in [6, 6.07) is 13.4. The number of thiocarbonyl (C=S) groups is 1. The van der Waals surface area contributed by atoms with Crippen LogP contribution in [-0.4, -0.2) is 40.6 Å². The molecule has 0 aliphatic carbocycles. The maximum Gasteiger partial charge on any atom is 0.242 e. The summed E-state index contributed by atoms with van der Waals surface area (Å²) < 4.78 is 12.6. The summed E-state index contributed by atoms with van der Waals surface area (Å²) in [5.41, 5.74) is 1.99. The number of amides is 1. The van der Waals surface area contributed by atoms with Gasteiger partial charge in [-0.05, 0) is 47.9 Å². The Hall–Kier alpha value is -1.12. The van der Waals surface area contributed by atoms with Gasteiger partial charge in [0, 0.05) is 16.6 Å². The summed E-state index contributed by atoms with van der Waals surface area (Å²) in [4.78, 5) is 14.4. The van der Waals surface area contributed by atoms with Crippen LogP contribution < -0.4 is 4.74 Å². The van der Waals surface area contributed by atoms with Gasteiger partial charge in [0.05, 0.1) is 18.4 Å². The van der Waals surface area contributed by atoms with Gasteiger partial charge in [-0.25, -0.2) is 0 Å². The molecule has 148 valence electrons. The molecular formula is C20H19BrClNO3S2. The van der Waals surface area contributed by atoms with E-state index in [4.69, 9.17) is 33.3 Å². The number of carbonyl (C=O) groups excluding carboxylic acids is 1. The van der Waals surface area contributed by atoms with Gasteiger partial charge in [0.2, 0.25) is 5.91 Å². The second-order valence-corrected chi connectivity index (χ2v) is 9.42. The van der Waals surface area contributed by atoms with Crippen molar-refractivity contribution in [2.75, 3.05) is 20.3 Å². The first kappa shape index (κ1) is 21.6. The summed E-state index contributed by atoms with van der Waals surface area (Å²) in [7, 11) is 1.61. The second-order valence-electron chi connectivity index (χ2n) is 6.23. The molecule has 28 heavy (non-hydrogen) atoms. The van der Waals surface area contributed by atoms with Crippen molar-refractivity contribution < 1.29 is 14.3 Å². The van der Waals surface area contributed by atoms with Crippen LogP contribution >= 0.6 is 51.5 Å². The topological polar surface area (TPSA) is 38.8 Å². The molecule has 8 heteroatoms. The van der Waals surface area contributed by atoms with E-state index >= 15 is 0 Å². The van der Waals surface area contributed by atoms with Crippen LogP contribution in [0.3, 0.4) is 0 Å². The number of methoxy groups -OCH3 is 1. The molecule has 1 amide bonds. The van der Waals surface area contributed by atoms with Gasteiger partial charge >= 0.3 is 0 Å². The van der Waals surface area contributed by atoms with E-state index < -0.39 is 0 Å². The van der Waals surface area contributed by atoms with E-state index in [1.807, 2.05) is 42.5 Å². The Kier molecular flexibility index (Phi) is 7.77. The normalized spacial score (nSPS) is 16.7. The first-order valence-electron chi connectivity index (χ1n) is 8.64. The zero-order valence-electron chi connectivity index (χ0n) is 15.2. The number of benzene rings is 2. The third-order valence-electron chi connectivity index (χ3n) is 4.26. The molecule has 1 aliphatic rings. The minimum absolute atomic E-state index is 0.0238. The lowest BCUT2D eigenvalue weighted by molar-refractivity contribution is -0.126. The van der Waals surface area contributed by atoms with Crippen molar-refractivity contribution in [3.8, 4) is 5.75 Å². The van der Waals surface area contributed by atoms with E-state index in [1.165, 1.54) is 11.8 Å². The monoisotopic (exact) mass is 499 g/mol. The predicted octanol–water partition coefficient (Wildman–Crippen LogP) is 5.10. The number of hydrogen-bond donors (Lipinski definition) is 0. The SMILES string of the molecule is COCCN1C(=O)[C@H](Cc2cc(Br)ccc2OCc2ccc(Cl)cc2)SC1=S. The Morgan fingerprint density at radius 2 is 2.00 bits per heavy atom. The highest BCUT2D eigenvalue weighted by Crippen LogP contribution is 2.33. The van der Waals surface area contributed by atoms with Crippen LogP contribution in [0.25, 0.3) is 0 Å². The number of carbonyl (C=O) groups is 1. The maximum absolute atomic E-state index is 12.7. The molecule has 0 aromatic heterocycles. The molecule has 3 rings (SSSR count). The van der Waals surface area contributed by atoms with Crippen molar-refractivity contribution >= 4 is 61.7 Å². The lowest BCUT2D eigenvalue weighted by atomic mass is 10.1. The summed E-state index contributed by atoms with van der Waals surface area (Å²) in [5.74, 6) is 0.781. The van der Waals surface area contributed by atoms with Crippen molar-refractivity contribution in [3.63, 3.8) is 0 Å². The van der Waals surface area contributed by atoms with Gasteiger partial charge in [0.1, 0.15) is 16.7 Å². The van der Waals surface area contributed by atoms with Crippen LogP contribution in [0.4, 0.5) is 0 Å². The molecule has 1 heterocycles. The number of nitrogens with zero attached hydrogens (tertiary/aromatic N) is 1. The molecule has 1 saturated heterocycles. The summed E-state index contributed by atoms with van der Waals surface area (Å²) in [5, 5.41) is 0.440. The molecule has 2 aromatic rings. The minimum Gasteiger partial charge on any atom is -0.489 e. The summed E-state index contributed by atoms with van der Waals surface area (Å²) >= 11 is 16.2. The molecule has 4 nitrogen and oxygen atoms in total. The zero-order valence-corrected chi connectivity index (χ0v) is 19.2. The highest BCUT2D eigenvalue weighted by atomic mass is 79.9. The van der Waals surface area contributed by atoms with Gasteiger partial charge in [-0.3, -0.25) is 9.69 Å². The maximum atomic E-state index is 12.7. The Labute approximate surface area is 187 Å². The summed E-state index contributed by atoms with van der Waals surface area (Å²) in [6.07, 6.45) is 0.544. The van der Waals surface area contributed by atoms with Gasteiger partial charge in [0.25, 0.3) is 0 Å². The molecule has 0 N–H and O–H groups in total. The van der Waals surface area contributed by atoms with E-state index in [-0.39, 0.29) is 11.2 Å². The standard InChI is InChI=1S/C20H19BrClNO3S2/c1-25-9-8-23-19(24)18(28-20(23)27)11-14-10-15(21)4-7-17(14)26-12-13-2-5-16(22)6-3-13/h2-7,10,18H,8-9,11-12H2,1H3/t18-/m0/s1. The van der Waals surface area contributed by atoms with Crippen LogP contribution in [0.5, 0.6) is 5.75 Å². The molecule has 2 aromatic carbocycles. The van der Waals surface area contributed by atoms with Crippen molar-refractivity contribution in [1.82, 2.24) is 4.90 Å². The number of thioether (sulfide) groups is 1. The first-order valence-corrected chi connectivity index (χ1v) is 11.1. The van der Waals surface area contributed by atoms with E-state index in [1.54, 1.807) is 12.0 Å². The fourth-order valence-corrected chi connectivity index (χ4v) is 4.91. The Morgan fingerprint density at radius 3 is 2.71 bits per heavy atom. The van der Waals surface area contributed by atoms with Crippen LogP contribution in [0.15, 0.2) is 46.9 Å². The average molecular weight is 501 g/mol. The van der Waals surface area contributed by atoms with Crippen LogP contribution in [0.2, 0.25) is 5.02 Å². The Balaban J connectivity index is 1.71. The highest BCUT2D eigenvalue weighted by Gasteiger charge is 2.37. The minimum atomic E-state index is -0.253. The number of halogens is 2. The van der Waals surface area contributed by atoms with Crippen molar-refractivity contribution in [1.29, 1.82) is 0 Å². The Morgan fingerprint density at radius 1 is 1.25 bits per heavy atom. The van der Waals surface area contributed by atoms with E-state index in [0.717, 1.165) is 21.3 Å². The van der Waals surface area contributed by atoms with Crippen molar-refractivity contribution in [3.05, 3.63) is 63.1 Å². The smallest absolute Gasteiger partial charge is 0.242 e. The van der Waals surface area contributed by atoms with Gasteiger partial charge in [-0.15, -0.1) is 0 Å². The second kappa shape index (κ2) is 10.1. The molecule has 1 atom stereocenters. The first-order chi connectivity index (χ1) is 13.5. The highest BCUT2D eigenvalue weighted by molar-refractivity contribution is 9.10. The molecule has 0 spiro atoms.